The number of carboxylic acids is 1. The fourth-order valence-electron chi connectivity index (χ4n) is 3.79. The summed E-state index contributed by atoms with van der Waals surface area (Å²) in [5.74, 6) is -0.987. The number of nitrogens with zero attached hydrogens (tertiary/aromatic N) is 1. The molecule has 3 aromatic carbocycles. The average Bonchev–Trinajstić information content (AvgIpc) is 2.81. The van der Waals surface area contributed by atoms with E-state index >= 15 is 0 Å². The summed E-state index contributed by atoms with van der Waals surface area (Å²) in [5, 5.41) is 9.69. The Bertz CT molecular complexity index is 1520. The fraction of sp³-hybridized carbons (Fsp3) is 0.143. The molecule has 1 heterocycles. The Morgan fingerprint density at radius 1 is 0.912 bits per heavy atom. The number of fused-ring (bicyclic) bond motifs is 1. The van der Waals surface area contributed by atoms with E-state index in [0.29, 0.717) is 5.56 Å². The predicted octanol–water partition coefficient (Wildman–Crippen LogP) is 5.95. The molecule has 0 saturated carbocycles. The fourth-order valence-corrected chi connectivity index (χ4v) is 4.34. The Morgan fingerprint density at radius 2 is 1.62 bits per heavy atom. The SMILES string of the molecule is CC(C)(c1cc(-c2cccc(-c3ccc(/C=C/C(=O)O)cc3)c2)c2ncccc2c1)S(C)(=O)=O. The lowest BCUT2D eigenvalue weighted by Crippen LogP contribution is -2.28. The van der Waals surface area contributed by atoms with E-state index in [9.17, 15) is 13.2 Å². The maximum atomic E-state index is 12.5. The van der Waals surface area contributed by atoms with Crippen LogP contribution in [0.3, 0.4) is 0 Å². The molecule has 0 aliphatic rings. The molecule has 5 nitrogen and oxygen atoms in total. The molecule has 4 rings (SSSR count). The number of carbonyl (C=O) groups is 1. The highest BCUT2D eigenvalue weighted by molar-refractivity contribution is 7.91. The van der Waals surface area contributed by atoms with Crippen LogP contribution in [0.1, 0.15) is 25.0 Å². The van der Waals surface area contributed by atoms with Crippen molar-refractivity contribution in [2.24, 2.45) is 0 Å². The second-order valence-corrected chi connectivity index (χ2v) is 11.3. The van der Waals surface area contributed by atoms with E-state index in [1.54, 1.807) is 26.1 Å². The summed E-state index contributed by atoms with van der Waals surface area (Å²) in [4.78, 5) is 15.3. The summed E-state index contributed by atoms with van der Waals surface area (Å²) in [6.07, 6.45) is 5.66. The second kappa shape index (κ2) is 8.88. The quantitative estimate of drug-likeness (QED) is 0.352. The van der Waals surface area contributed by atoms with Gasteiger partial charge in [-0.15, -0.1) is 0 Å². The molecule has 0 fully saturated rings. The molecule has 6 heteroatoms. The van der Waals surface area contributed by atoms with Gasteiger partial charge in [0, 0.05) is 29.5 Å². The lowest BCUT2D eigenvalue weighted by Gasteiger charge is -2.24. The molecular formula is C28H25NO4S. The predicted molar refractivity (Wildman–Crippen MR) is 137 cm³/mol. The van der Waals surface area contributed by atoms with Crippen LogP contribution in [0.15, 0.2) is 85.1 Å². The number of benzene rings is 3. The molecule has 0 aliphatic heterocycles. The number of pyridine rings is 1. The lowest BCUT2D eigenvalue weighted by atomic mass is 9.92. The largest absolute Gasteiger partial charge is 0.478 e. The Morgan fingerprint density at radius 3 is 2.29 bits per heavy atom. The molecule has 172 valence electrons. The third-order valence-corrected chi connectivity index (χ3v) is 8.25. The normalized spacial score (nSPS) is 12.3. The van der Waals surface area contributed by atoms with E-state index in [1.807, 2.05) is 66.7 Å². The standard InChI is InChI=1S/C28H25NO4S/c1-28(2,34(3,32)33)24-17-23-8-5-15-29-27(23)25(18-24)22-7-4-6-21(16-22)20-12-9-19(10-13-20)11-14-26(30)31/h4-18H,1-3H3,(H,30,31)/b14-11+. The maximum absolute atomic E-state index is 12.5. The zero-order valence-electron chi connectivity index (χ0n) is 19.2. The molecule has 0 amide bonds. The summed E-state index contributed by atoms with van der Waals surface area (Å²) < 4.78 is 24.0. The minimum atomic E-state index is -3.35. The number of sulfone groups is 1. The van der Waals surface area contributed by atoms with E-state index in [0.717, 1.165) is 44.8 Å². The molecule has 0 aliphatic carbocycles. The van der Waals surface area contributed by atoms with Crippen LogP contribution in [-0.2, 0) is 19.4 Å². The van der Waals surface area contributed by atoms with Crippen molar-refractivity contribution in [3.05, 3.63) is 96.2 Å². The van der Waals surface area contributed by atoms with Gasteiger partial charge >= 0.3 is 5.97 Å². The smallest absolute Gasteiger partial charge is 0.328 e. The molecule has 0 radical (unpaired) electrons. The molecule has 0 unspecified atom stereocenters. The van der Waals surface area contributed by atoms with Crippen molar-refractivity contribution in [1.82, 2.24) is 4.98 Å². The van der Waals surface area contributed by atoms with Crippen molar-refractivity contribution in [2.45, 2.75) is 18.6 Å². The highest BCUT2D eigenvalue weighted by Gasteiger charge is 2.33. The van der Waals surface area contributed by atoms with Crippen LogP contribution in [0.2, 0.25) is 0 Å². The van der Waals surface area contributed by atoms with Crippen molar-refractivity contribution in [3.8, 4) is 22.3 Å². The molecule has 1 aromatic heterocycles. The minimum absolute atomic E-state index is 0.713. The molecule has 34 heavy (non-hydrogen) atoms. The van der Waals surface area contributed by atoms with Crippen molar-refractivity contribution in [2.75, 3.05) is 6.26 Å². The van der Waals surface area contributed by atoms with Crippen molar-refractivity contribution >= 4 is 32.8 Å². The van der Waals surface area contributed by atoms with E-state index in [4.69, 9.17) is 5.11 Å². The minimum Gasteiger partial charge on any atom is -0.478 e. The van der Waals surface area contributed by atoms with E-state index in [1.165, 1.54) is 6.26 Å². The summed E-state index contributed by atoms with van der Waals surface area (Å²) >= 11 is 0. The van der Waals surface area contributed by atoms with E-state index in [2.05, 4.69) is 11.1 Å². The first kappa shape index (κ1) is 23.4. The van der Waals surface area contributed by atoms with Gasteiger partial charge in [0.2, 0.25) is 0 Å². The highest BCUT2D eigenvalue weighted by atomic mass is 32.2. The third kappa shape index (κ3) is 4.63. The summed E-state index contributed by atoms with van der Waals surface area (Å²) in [6.45, 7) is 3.45. The van der Waals surface area contributed by atoms with Gasteiger partial charge in [-0.1, -0.05) is 48.5 Å². The number of hydrogen-bond donors (Lipinski definition) is 1. The van der Waals surface area contributed by atoms with Crippen molar-refractivity contribution in [1.29, 1.82) is 0 Å². The van der Waals surface area contributed by atoms with Gasteiger partial charge in [0.05, 0.1) is 10.3 Å². The molecule has 0 spiro atoms. The van der Waals surface area contributed by atoms with Gasteiger partial charge in [0.1, 0.15) is 0 Å². The Balaban J connectivity index is 1.83. The van der Waals surface area contributed by atoms with Gasteiger partial charge in [0.25, 0.3) is 0 Å². The van der Waals surface area contributed by atoms with Crippen LogP contribution in [0.25, 0.3) is 39.2 Å². The van der Waals surface area contributed by atoms with E-state index in [-0.39, 0.29) is 0 Å². The van der Waals surface area contributed by atoms with Crippen molar-refractivity contribution < 1.29 is 18.3 Å². The van der Waals surface area contributed by atoms with Crippen LogP contribution < -0.4 is 0 Å². The molecule has 4 aromatic rings. The monoisotopic (exact) mass is 471 g/mol. The van der Waals surface area contributed by atoms with Gasteiger partial charge < -0.3 is 5.11 Å². The number of carboxylic acid groups (broad SMARTS) is 1. The Kier molecular flexibility index (Phi) is 6.11. The first-order valence-corrected chi connectivity index (χ1v) is 12.7. The van der Waals surface area contributed by atoms with Gasteiger partial charge in [-0.3, -0.25) is 4.98 Å². The topological polar surface area (TPSA) is 84.3 Å². The maximum Gasteiger partial charge on any atom is 0.328 e. The van der Waals surface area contributed by atoms with Crippen LogP contribution in [0.5, 0.6) is 0 Å². The Hall–Kier alpha value is -3.77. The van der Waals surface area contributed by atoms with Crippen LogP contribution in [-0.4, -0.2) is 30.7 Å². The highest BCUT2D eigenvalue weighted by Crippen LogP contribution is 2.37. The zero-order chi connectivity index (χ0) is 24.5. The van der Waals surface area contributed by atoms with Crippen molar-refractivity contribution in [3.63, 3.8) is 0 Å². The summed E-state index contributed by atoms with van der Waals surface area (Å²) in [5.41, 5.74) is 6.10. The molecule has 1 N–H and O–H groups in total. The molecular weight excluding hydrogens is 446 g/mol. The van der Waals surface area contributed by atoms with Gasteiger partial charge in [-0.25, -0.2) is 13.2 Å². The van der Waals surface area contributed by atoms with Gasteiger partial charge in [-0.05, 0) is 72.0 Å². The Labute approximate surface area is 199 Å². The molecule has 0 saturated heterocycles. The first-order valence-electron chi connectivity index (χ1n) is 10.8. The zero-order valence-corrected chi connectivity index (χ0v) is 20.0. The lowest BCUT2D eigenvalue weighted by molar-refractivity contribution is -0.131. The average molecular weight is 472 g/mol. The molecule has 0 atom stereocenters. The number of aliphatic carboxylic acids is 1. The van der Waals surface area contributed by atoms with Gasteiger partial charge in [-0.2, -0.15) is 0 Å². The summed E-state index contributed by atoms with van der Waals surface area (Å²) in [7, 11) is -3.35. The van der Waals surface area contributed by atoms with E-state index < -0.39 is 20.6 Å². The summed E-state index contributed by atoms with van der Waals surface area (Å²) in [6, 6.07) is 23.3. The van der Waals surface area contributed by atoms with Crippen LogP contribution in [0, 0.1) is 0 Å². The van der Waals surface area contributed by atoms with Crippen LogP contribution in [0.4, 0.5) is 0 Å². The third-order valence-electron chi connectivity index (χ3n) is 6.16. The van der Waals surface area contributed by atoms with Crippen LogP contribution >= 0.6 is 0 Å². The number of hydrogen-bond acceptors (Lipinski definition) is 4. The van der Waals surface area contributed by atoms with Gasteiger partial charge in [0.15, 0.2) is 9.84 Å². The molecule has 0 bridgehead atoms. The second-order valence-electron chi connectivity index (χ2n) is 8.76. The first-order chi connectivity index (χ1) is 16.1. The number of aromatic nitrogens is 1. The number of rotatable bonds is 6.